The average molecular weight is 569 g/mol. The maximum absolute atomic E-state index is 12.8. The van der Waals surface area contributed by atoms with Crippen LogP contribution in [0.5, 0.6) is 0 Å². The highest BCUT2D eigenvalue weighted by atomic mass is 127. The summed E-state index contributed by atoms with van der Waals surface area (Å²) in [6.07, 6.45) is 2.64. The Morgan fingerprint density at radius 3 is 2.19 bits per heavy atom. The normalized spacial score (nSPS) is 12.9. The minimum absolute atomic E-state index is 0. The number of aliphatic imine (C=N–C) groups is 1. The minimum Gasteiger partial charge on any atom is -0.396 e. The zero-order valence-electron chi connectivity index (χ0n) is 19.8. The monoisotopic (exact) mass is 568 g/mol. The van der Waals surface area contributed by atoms with Crippen molar-refractivity contribution in [3.05, 3.63) is 29.8 Å². The summed E-state index contributed by atoms with van der Waals surface area (Å²) in [7, 11) is -3.65. The Hall–Kier alpha value is -0.910. The molecule has 1 aromatic carbocycles. The first-order chi connectivity index (χ1) is 14.0. The van der Waals surface area contributed by atoms with E-state index in [2.05, 4.69) is 34.2 Å². The predicted octanol–water partition coefficient (Wildman–Crippen LogP) is 3.63. The Labute approximate surface area is 206 Å². The van der Waals surface area contributed by atoms with Gasteiger partial charge in [0.15, 0.2) is 5.96 Å². The molecule has 7 nitrogen and oxygen atoms in total. The van der Waals surface area contributed by atoms with Crippen LogP contribution in [0, 0.1) is 5.41 Å². The van der Waals surface area contributed by atoms with Gasteiger partial charge in [-0.2, -0.15) is 0 Å². The third-order valence-electron chi connectivity index (χ3n) is 5.23. The number of hydrogen-bond acceptors (Lipinski definition) is 4. The first-order valence-electron chi connectivity index (χ1n) is 10.8. The number of aliphatic hydroxyl groups excluding tert-OH is 1. The van der Waals surface area contributed by atoms with Gasteiger partial charge in [0.05, 0.1) is 11.4 Å². The van der Waals surface area contributed by atoms with Crippen LogP contribution in [0.4, 0.5) is 0 Å². The summed E-state index contributed by atoms with van der Waals surface area (Å²) in [6.45, 7) is 13.5. The van der Waals surface area contributed by atoms with Crippen molar-refractivity contribution in [1.82, 2.24) is 15.4 Å². The van der Waals surface area contributed by atoms with Crippen LogP contribution in [0.15, 0.2) is 34.2 Å². The number of nitrogens with one attached hydrogen (secondary N) is 3. The summed E-state index contributed by atoms with van der Waals surface area (Å²) in [6, 6.07) is 6.94. The van der Waals surface area contributed by atoms with Gasteiger partial charge >= 0.3 is 0 Å². The summed E-state index contributed by atoms with van der Waals surface area (Å²) in [5.74, 6) is 0.637. The van der Waals surface area contributed by atoms with Crippen LogP contribution >= 0.6 is 24.0 Å². The molecule has 1 rings (SSSR count). The topological polar surface area (TPSA) is 103 Å². The number of halogens is 1. The molecule has 4 N–H and O–H groups in total. The summed E-state index contributed by atoms with van der Waals surface area (Å²) >= 11 is 0. The molecule has 0 heterocycles. The first kappa shape index (κ1) is 30.1. The van der Waals surface area contributed by atoms with Crippen molar-refractivity contribution in [2.45, 2.75) is 77.8 Å². The molecule has 9 heteroatoms. The molecule has 0 unspecified atom stereocenters. The van der Waals surface area contributed by atoms with E-state index in [-0.39, 0.29) is 47.4 Å². The third-order valence-corrected chi connectivity index (χ3v) is 7.09. The molecule has 0 aliphatic heterocycles. The van der Waals surface area contributed by atoms with Crippen molar-refractivity contribution >= 4 is 40.0 Å². The number of sulfonamides is 1. The highest BCUT2D eigenvalue weighted by Crippen LogP contribution is 2.29. The maximum atomic E-state index is 12.8. The van der Waals surface area contributed by atoms with E-state index < -0.39 is 15.6 Å². The largest absolute Gasteiger partial charge is 0.396 e. The van der Waals surface area contributed by atoms with E-state index in [1.165, 1.54) is 0 Å². The molecule has 0 aliphatic carbocycles. The summed E-state index contributed by atoms with van der Waals surface area (Å²) in [5.41, 5.74) is 0.0734. The number of hydrogen-bond donors (Lipinski definition) is 4. The van der Waals surface area contributed by atoms with Gasteiger partial charge in [0.1, 0.15) is 0 Å². The highest BCUT2D eigenvalue weighted by Gasteiger charge is 2.26. The van der Waals surface area contributed by atoms with E-state index in [0.29, 0.717) is 24.6 Å². The molecule has 0 bridgehead atoms. The molecule has 0 saturated carbocycles. The molecule has 0 aromatic heterocycles. The number of benzene rings is 1. The van der Waals surface area contributed by atoms with Crippen LogP contribution in [0.1, 0.15) is 66.4 Å². The molecule has 0 aliphatic rings. The standard InChI is InChI=1S/C22H40N4O3S.HI/c1-7-22(8-2,14-15-27)17-25-20(23-9-3)24-16-18-12-10-11-13-19(18)30(28,29)26-21(4,5)6;/h10-13,26-27H,7-9,14-17H2,1-6H3,(H2,23,24,25);1H. The molecule has 0 atom stereocenters. The second-order valence-corrected chi connectivity index (χ2v) is 10.3. The molecule has 0 spiro atoms. The van der Waals surface area contributed by atoms with E-state index >= 15 is 0 Å². The molecular weight excluding hydrogens is 527 g/mol. The zero-order chi connectivity index (χ0) is 22.8. The van der Waals surface area contributed by atoms with Crippen LogP contribution in [-0.4, -0.2) is 44.7 Å². The summed E-state index contributed by atoms with van der Waals surface area (Å²) < 4.78 is 28.4. The Morgan fingerprint density at radius 1 is 1.06 bits per heavy atom. The van der Waals surface area contributed by atoms with Crippen LogP contribution in [-0.2, 0) is 16.6 Å². The van der Waals surface area contributed by atoms with E-state index in [0.717, 1.165) is 19.3 Å². The Bertz CT molecular complexity index is 788. The Morgan fingerprint density at radius 2 is 1.68 bits per heavy atom. The summed E-state index contributed by atoms with van der Waals surface area (Å²) in [4.78, 5) is 4.87. The first-order valence-corrected chi connectivity index (χ1v) is 12.3. The van der Waals surface area contributed by atoms with E-state index in [1.807, 2.05) is 33.8 Å². The van der Waals surface area contributed by atoms with Gasteiger partial charge in [-0.25, -0.2) is 18.1 Å². The van der Waals surface area contributed by atoms with Crippen molar-refractivity contribution in [3.63, 3.8) is 0 Å². The van der Waals surface area contributed by atoms with Crippen molar-refractivity contribution in [3.8, 4) is 0 Å². The smallest absolute Gasteiger partial charge is 0.241 e. The third kappa shape index (κ3) is 10.0. The van der Waals surface area contributed by atoms with Gasteiger partial charge in [0.2, 0.25) is 10.0 Å². The number of rotatable bonds is 11. The predicted molar refractivity (Wildman–Crippen MR) is 139 cm³/mol. The van der Waals surface area contributed by atoms with Crippen molar-refractivity contribution in [2.24, 2.45) is 10.4 Å². The lowest BCUT2D eigenvalue weighted by atomic mass is 9.79. The molecule has 31 heavy (non-hydrogen) atoms. The van der Waals surface area contributed by atoms with Crippen LogP contribution in [0.25, 0.3) is 0 Å². The van der Waals surface area contributed by atoms with Gasteiger partial charge in [0.25, 0.3) is 0 Å². The van der Waals surface area contributed by atoms with Gasteiger partial charge in [-0.1, -0.05) is 32.0 Å². The van der Waals surface area contributed by atoms with E-state index in [1.54, 1.807) is 18.2 Å². The molecule has 1 aromatic rings. The average Bonchev–Trinajstić information content (AvgIpc) is 2.67. The second-order valence-electron chi connectivity index (χ2n) is 8.69. The highest BCUT2D eigenvalue weighted by molar-refractivity contribution is 14.0. The fourth-order valence-corrected chi connectivity index (χ4v) is 4.96. The van der Waals surface area contributed by atoms with Crippen molar-refractivity contribution < 1.29 is 13.5 Å². The van der Waals surface area contributed by atoms with E-state index in [9.17, 15) is 13.5 Å². The van der Waals surface area contributed by atoms with Crippen LogP contribution < -0.4 is 15.4 Å². The van der Waals surface area contributed by atoms with Gasteiger partial charge in [0, 0.05) is 25.2 Å². The van der Waals surface area contributed by atoms with Crippen molar-refractivity contribution in [2.75, 3.05) is 19.7 Å². The van der Waals surface area contributed by atoms with Crippen LogP contribution in [0.3, 0.4) is 0 Å². The zero-order valence-corrected chi connectivity index (χ0v) is 22.9. The number of nitrogens with zero attached hydrogens (tertiary/aromatic N) is 1. The Balaban J connectivity index is 0.00000900. The summed E-state index contributed by atoms with van der Waals surface area (Å²) in [5, 5.41) is 16.0. The quantitative estimate of drug-likeness (QED) is 0.186. The van der Waals surface area contributed by atoms with Gasteiger partial charge in [-0.15, -0.1) is 24.0 Å². The molecule has 180 valence electrons. The minimum atomic E-state index is -3.65. The second kappa shape index (κ2) is 13.6. The number of aliphatic hydroxyl groups is 1. The Kier molecular flexibility index (Phi) is 13.2. The van der Waals surface area contributed by atoms with Gasteiger partial charge < -0.3 is 15.7 Å². The van der Waals surface area contributed by atoms with Gasteiger partial charge in [-0.3, -0.25) is 0 Å². The fraction of sp³-hybridized carbons (Fsp3) is 0.682. The molecular formula is C22H41IN4O3S. The van der Waals surface area contributed by atoms with Gasteiger partial charge in [-0.05, 0) is 64.0 Å². The molecule has 0 saturated heterocycles. The van der Waals surface area contributed by atoms with Crippen LogP contribution in [0.2, 0.25) is 0 Å². The maximum Gasteiger partial charge on any atom is 0.241 e. The lowest BCUT2D eigenvalue weighted by Gasteiger charge is -2.32. The SMILES string of the molecule is CCNC(=NCc1ccccc1S(=O)(=O)NC(C)(C)C)NCC(CC)(CC)CCO.I. The van der Waals surface area contributed by atoms with Crippen molar-refractivity contribution in [1.29, 1.82) is 0 Å². The number of guanidine groups is 1. The fourth-order valence-electron chi connectivity index (χ4n) is 3.31. The lowest BCUT2D eigenvalue weighted by molar-refractivity contribution is 0.169. The molecule has 0 fully saturated rings. The molecule has 0 amide bonds. The van der Waals surface area contributed by atoms with E-state index in [4.69, 9.17) is 0 Å². The lowest BCUT2D eigenvalue weighted by Crippen LogP contribution is -2.44. The molecule has 0 radical (unpaired) electrons.